The lowest BCUT2D eigenvalue weighted by Crippen LogP contribution is -2.43. The van der Waals surface area contributed by atoms with E-state index in [0.717, 1.165) is 25.0 Å². The number of imidazole rings is 1. The summed E-state index contributed by atoms with van der Waals surface area (Å²) in [7, 11) is 1.58. The molecule has 0 saturated heterocycles. The maximum absolute atomic E-state index is 12.4. The second kappa shape index (κ2) is 17.6. The lowest BCUT2D eigenvalue weighted by Gasteiger charge is -2.24. The van der Waals surface area contributed by atoms with Crippen LogP contribution in [0.3, 0.4) is 0 Å². The average Bonchev–Trinajstić information content (AvgIpc) is 3.27. The number of hydrogen-bond donors (Lipinski definition) is 2. The minimum absolute atomic E-state index is 0.103. The van der Waals surface area contributed by atoms with Gasteiger partial charge in [0.15, 0.2) is 0 Å². The number of carbonyl (C=O) groups is 2. The van der Waals surface area contributed by atoms with E-state index in [4.69, 9.17) is 0 Å². The summed E-state index contributed by atoms with van der Waals surface area (Å²) in [6, 6.07) is -0.863. The third kappa shape index (κ3) is 13.0. The molecule has 1 amide bonds. The Morgan fingerprint density at radius 2 is 1.58 bits per heavy atom. The van der Waals surface area contributed by atoms with E-state index in [-0.39, 0.29) is 12.3 Å². The second-order valence-corrected chi connectivity index (χ2v) is 8.47. The van der Waals surface area contributed by atoms with E-state index in [1.807, 2.05) is 0 Å². The van der Waals surface area contributed by atoms with Crippen LogP contribution in [-0.2, 0) is 16.0 Å². The number of aromatic nitrogens is 2. The molecule has 1 aromatic rings. The summed E-state index contributed by atoms with van der Waals surface area (Å²) < 4.78 is 0. The molecule has 1 unspecified atom stereocenters. The van der Waals surface area contributed by atoms with Gasteiger partial charge in [0, 0.05) is 31.8 Å². The predicted octanol–water partition coefficient (Wildman–Crippen LogP) is 5.90. The highest BCUT2D eigenvalue weighted by Crippen LogP contribution is 2.13. The number of nitrogens with one attached hydrogen (secondary N) is 1. The van der Waals surface area contributed by atoms with E-state index in [1.54, 1.807) is 13.2 Å². The van der Waals surface area contributed by atoms with Crippen molar-refractivity contribution in [3.8, 4) is 0 Å². The Hall–Kier alpha value is -2.11. The second-order valence-electron chi connectivity index (χ2n) is 8.47. The molecule has 0 aliphatic heterocycles. The first-order valence-electron chi connectivity index (χ1n) is 12.2. The Bertz CT molecular complexity index is 614. The van der Waals surface area contributed by atoms with E-state index in [0.29, 0.717) is 6.42 Å². The number of amides is 1. The Labute approximate surface area is 188 Å². The third-order valence-corrected chi connectivity index (χ3v) is 5.77. The summed E-state index contributed by atoms with van der Waals surface area (Å²) in [6.07, 6.45) is 24.2. The topological polar surface area (TPSA) is 86.3 Å². The van der Waals surface area contributed by atoms with Crippen molar-refractivity contribution in [2.45, 2.75) is 109 Å². The van der Waals surface area contributed by atoms with Gasteiger partial charge in [-0.05, 0) is 32.1 Å². The number of hydrogen-bond acceptors (Lipinski definition) is 3. The fourth-order valence-electron chi connectivity index (χ4n) is 3.69. The molecule has 1 aromatic heterocycles. The van der Waals surface area contributed by atoms with Crippen molar-refractivity contribution in [3.63, 3.8) is 0 Å². The predicted molar refractivity (Wildman–Crippen MR) is 126 cm³/mol. The van der Waals surface area contributed by atoms with Gasteiger partial charge in [-0.2, -0.15) is 0 Å². The molecule has 0 radical (unpaired) electrons. The zero-order valence-electron chi connectivity index (χ0n) is 19.7. The Kier molecular flexibility index (Phi) is 15.3. The van der Waals surface area contributed by atoms with Gasteiger partial charge in [-0.25, -0.2) is 9.78 Å². The molecule has 176 valence electrons. The molecular weight excluding hydrogens is 390 g/mol. The number of allylic oxidation sites excluding steroid dienone is 2. The Morgan fingerprint density at radius 3 is 2.13 bits per heavy atom. The van der Waals surface area contributed by atoms with Crippen LogP contribution in [0.4, 0.5) is 0 Å². The average molecular weight is 434 g/mol. The molecule has 1 rings (SSSR count). The van der Waals surface area contributed by atoms with Crippen LogP contribution in [0.2, 0.25) is 0 Å². The minimum atomic E-state index is -0.989. The van der Waals surface area contributed by atoms with E-state index in [2.05, 4.69) is 29.0 Å². The number of nitrogens with zero attached hydrogens (tertiary/aromatic N) is 2. The molecule has 0 aliphatic carbocycles. The summed E-state index contributed by atoms with van der Waals surface area (Å²) in [5.41, 5.74) is 0.717. The zero-order chi connectivity index (χ0) is 22.7. The SMILES string of the molecule is CCCCCC/C=C\CCCCCCCCCC(=O)N(C)C(Cc1cnc[nH]1)C(=O)O. The van der Waals surface area contributed by atoms with E-state index in [1.165, 1.54) is 75.4 Å². The molecule has 1 atom stereocenters. The lowest BCUT2D eigenvalue weighted by atomic mass is 10.1. The third-order valence-electron chi connectivity index (χ3n) is 5.77. The van der Waals surface area contributed by atoms with Crippen LogP contribution in [-0.4, -0.2) is 44.9 Å². The highest BCUT2D eigenvalue weighted by molar-refractivity contribution is 5.83. The quantitative estimate of drug-likeness (QED) is 0.210. The molecular formula is C25H43N3O3. The van der Waals surface area contributed by atoms with E-state index in [9.17, 15) is 14.7 Å². The highest BCUT2D eigenvalue weighted by atomic mass is 16.4. The van der Waals surface area contributed by atoms with Crippen molar-refractivity contribution >= 4 is 11.9 Å². The van der Waals surface area contributed by atoms with Gasteiger partial charge in [-0.3, -0.25) is 4.79 Å². The first-order valence-corrected chi connectivity index (χ1v) is 12.2. The number of carboxylic acids is 1. The lowest BCUT2D eigenvalue weighted by molar-refractivity contribution is -0.149. The number of unbranched alkanes of at least 4 members (excludes halogenated alkanes) is 11. The first-order chi connectivity index (χ1) is 15.1. The summed E-state index contributed by atoms with van der Waals surface area (Å²) >= 11 is 0. The molecule has 6 heteroatoms. The number of H-pyrrole nitrogens is 1. The molecule has 0 spiro atoms. The molecule has 0 bridgehead atoms. The van der Waals surface area contributed by atoms with Crippen molar-refractivity contribution in [2.75, 3.05) is 7.05 Å². The number of carboxylic acid groups (broad SMARTS) is 1. The van der Waals surface area contributed by atoms with Crippen molar-refractivity contribution in [1.29, 1.82) is 0 Å². The molecule has 6 nitrogen and oxygen atoms in total. The standard InChI is InChI=1S/C25H43N3O3/c1-3-4-5-6-7-8-9-10-11-12-13-14-15-16-17-18-24(29)28(2)23(25(30)31)19-22-20-26-21-27-22/h8-9,20-21,23H,3-7,10-19H2,1-2H3,(H,26,27)(H,30,31)/b9-8-. The zero-order valence-corrected chi connectivity index (χ0v) is 19.7. The normalized spacial score (nSPS) is 12.3. The number of carbonyl (C=O) groups excluding carboxylic acids is 1. The van der Waals surface area contributed by atoms with Crippen LogP contribution in [0.5, 0.6) is 0 Å². The molecule has 1 heterocycles. The van der Waals surface area contributed by atoms with E-state index < -0.39 is 12.0 Å². The smallest absolute Gasteiger partial charge is 0.326 e. The van der Waals surface area contributed by atoms with Gasteiger partial charge in [-0.15, -0.1) is 0 Å². The molecule has 2 N–H and O–H groups in total. The van der Waals surface area contributed by atoms with Gasteiger partial charge in [0.25, 0.3) is 0 Å². The number of aliphatic carboxylic acids is 1. The number of likely N-dealkylation sites (N-methyl/N-ethyl adjacent to an activating group) is 1. The van der Waals surface area contributed by atoms with Crippen molar-refractivity contribution in [1.82, 2.24) is 14.9 Å². The van der Waals surface area contributed by atoms with Crippen LogP contribution in [0.15, 0.2) is 24.7 Å². The van der Waals surface area contributed by atoms with Crippen molar-refractivity contribution in [3.05, 3.63) is 30.4 Å². The summed E-state index contributed by atoms with van der Waals surface area (Å²) in [6.45, 7) is 2.25. The van der Waals surface area contributed by atoms with Gasteiger partial charge in [0.1, 0.15) is 6.04 Å². The first kappa shape index (κ1) is 26.9. The Morgan fingerprint density at radius 1 is 1.00 bits per heavy atom. The van der Waals surface area contributed by atoms with Gasteiger partial charge >= 0.3 is 5.97 Å². The van der Waals surface area contributed by atoms with Crippen LogP contribution < -0.4 is 0 Å². The monoisotopic (exact) mass is 433 g/mol. The molecule has 0 fully saturated rings. The van der Waals surface area contributed by atoms with Gasteiger partial charge in [0.2, 0.25) is 5.91 Å². The summed E-state index contributed by atoms with van der Waals surface area (Å²) in [4.78, 5) is 32.1. The van der Waals surface area contributed by atoms with Crippen LogP contribution in [0.1, 0.15) is 103 Å². The number of aromatic amines is 1. The maximum atomic E-state index is 12.4. The van der Waals surface area contributed by atoms with Crippen LogP contribution >= 0.6 is 0 Å². The fourth-order valence-corrected chi connectivity index (χ4v) is 3.69. The van der Waals surface area contributed by atoms with Gasteiger partial charge in [-0.1, -0.05) is 70.4 Å². The van der Waals surface area contributed by atoms with Gasteiger partial charge < -0.3 is 15.0 Å². The summed E-state index contributed by atoms with van der Waals surface area (Å²) in [5, 5.41) is 9.46. The Balaban J connectivity index is 2.03. The largest absolute Gasteiger partial charge is 0.480 e. The van der Waals surface area contributed by atoms with Crippen molar-refractivity contribution < 1.29 is 14.7 Å². The number of rotatable bonds is 19. The molecule has 31 heavy (non-hydrogen) atoms. The molecule has 0 aromatic carbocycles. The van der Waals surface area contributed by atoms with Crippen LogP contribution in [0.25, 0.3) is 0 Å². The van der Waals surface area contributed by atoms with Crippen molar-refractivity contribution in [2.24, 2.45) is 0 Å². The highest BCUT2D eigenvalue weighted by Gasteiger charge is 2.26. The summed E-state index contributed by atoms with van der Waals surface area (Å²) in [5.74, 6) is -1.09. The van der Waals surface area contributed by atoms with Crippen LogP contribution in [0, 0.1) is 0 Å². The van der Waals surface area contributed by atoms with E-state index >= 15 is 0 Å². The molecule has 0 saturated carbocycles. The molecule has 0 aliphatic rings. The van der Waals surface area contributed by atoms with Gasteiger partial charge in [0.05, 0.1) is 6.33 Å². The maximum Gasteiger partial charge on any atom is 0.326 e. The minimum Gasteiger partial charge on any atom is -0.480 e. The fraction of sp³-hybridized carbons (Fsp3) is 0.720.